The summed E-state index contributed by atoms with van der Waals surface area (Å²) < 4.78 is 0. The summed E-state index contributed by atoms with van der Waals surface area (Å²) in [7, 11) is 0. The minimum absolute atomic E-state index is 0.649. The van der Waals surface area contributed by atoms with E-state index in [0.29, 0.717) is 12.8 Å². The van der Waals surface area contributed by atoms with Crippen LogP contribution in [0, 0.1) is 11.8 Å². The Labute approximate surface area is 41.8 Å². The van der Waals surface area contributed by atoms with Gasteiger partial charge in [0.05, 0.1) is 18.6 Å². The second-order valence-corrected chi connectivity index (χ2v) is 1.37. The predicted octanol–water partition coefficient (Wildman–Crippen LogP) is 0.614. The number of nitrogens with zero attached hydrogens (tertiary/aromatic N) is 1. The molecule has 2 heteroatoms. The molecule has 36 valence electrons. The van der Waals surface area contributed by atoms with Crippen molar-refractivity contribution in [1.29, 1.82) is 0 Å². The van der Waals surface area contributed by atoms with Crippen LogP contribution in [0.4, 0.5) is 0 Å². The van der Waals surface area contributed by atoms with Crippen LogP contribution in [0.15, 0.2) is 5.16 Å². The van der Waals surface area contributed by atoms with E-state index in [1.807, 2.05) is 0 Å². The number of rotatable bonds is 0. The van der Waals surface area contributed by atoms with E-state index in [-0.39, 0.29) is 0 Å². The second kappa shape index (κ2) is 1.65. The Bertz CT molecular complexity index is 137. The molecule has 0 aromatic carbocycles. The van der Waals surface area contributed by atoms with Gasteiger partial charge in [-0.25, -0.2) is 0 Å². The van der Waals surface area contributed by atoms with Crippen molar-refractivity contribution in [1.82, 2.24) is 0 Å². The van der Waals surface area contributed by atoms with Crippen molar-refractivity contribution < 1.29 is 5.21 Å². The lowest BCUT2D eigenvalue weighted by Crippen LogP contribution is -1.87. The lowest BCUT2D eigenvalue weighted by molar-refractivity contribution is 0.317. The van der Waals surface area contributed by atoms with E-state index in [0.717, 1.165) is 5.71 Å². The van der Waals surface area contributed by atoms with Crippen LogP contribution in [-0.2, 0) is 0 Å². The van der Waals surface area contributed by atoms with Crippen molar-refractivity contribution in [2.24, 2.45) is 5.16 Å². The SMILES string of the molecule is ON=C1CC#CC1. The van der Waals surface area contributed by atoms with Gasteiger partial charge in [-0.2, -0.15) is 0 Å². The molecule has 0 aromatic heterocycles. The zero-order valence-corrected chi connectivity index (χ0v) is 3.81. The molecule has 0 saturated carbocycles. The Morgan fingerprint density at radius 2 is 2.00 bits per heavy atom. The molecule has 2 nitrogen and oxygen atoms in total. The summed E-state index contributed by atoms with van der Waals surface area (Å²) in [5.74, 6) is 5.56. The summed E-state index contributed by atoms with van der Waals surface area (Å²) in [5, 5.41) is 11.1. The highest BCUT2D eigenvalue weighted by atomic mass is 16.4. The molecule has 0 aliphatic heterocycles. The first-order valence-corrected chi connectivity index (χ1v) is 2.09. The quantitative estimate of drug-likeness (QED) is 0.267. The van der Waals surface area contributed by atoms with Crippen molar-refractivity contribution in [3.05, 3.63) is 0 Å². The van der Waals surface area contributed by atoms with Crippen LogP contribution in [0.25, 0.3) is 0 Å². The molecule has 0 heterocycles. The number of hydrogen-bond donors (Lipinski definition) is 1. The van der Waals surface area contributed by atoms with Gasteiger partial charge in [0.2, 0.25) is 0 Å². The average molecular weight is 95.1 g/mol. The Kier molecular flexibility index (Phi) is 0.991. The molecule has 1 rings (SSSR count). The molecule has 1 aliphatic carbocycles. The molecule has 0 fully saturated rings. The maximum absolute atomic E-state index is 8.07. The summed E-state index contributed by atoms with van der Waals surface area (Å²) >= 11 is 0. The largest absolute Gasteiger partial charge is 0.411 e. The summed E-state index contributed by atoms with van der Waals surface area (Å²) in [4.78, 5) is 0. The third-order valence-corrected chi connectivity index (χ3v) is 0.851. The number of oxime groups is 1. The zero-order valence-electron chi connectivity index (χ0n) is 3.81. The number of hydrogen-bond acceptors (Lipinski definition) is 2. The summed E-state index contributed by atoms with van der Waals surface area (Å²) in [6.45, 7) is 0. The van der Waals surface area contributed by atoms with Gasteiger partial charge < -0.3 is 5.21 Å². The van der Waals surface area contributed by atoms with E-state index in [2.05, 4.69) is 17.0 Å². The summed E-state index contributed by atoms with van der Waals surface area (Å²) in [6.07, 6.45) is 1.30. The van der Waals surface area contributed by atoms with Crippen LogP contribution in [0.1, 0.15) is 12.8 Å². The first kappa shape index (κ1) is 4.20. The highest BCUT2D eigenvalue weighted by molar-refractivity contribution is 5.90. The molecule has 0 aromatic rings. The van der Waals surface area contributed by atoms with Gasteiger partial charge in [0, 0.05) is 0 Å². The molecule has 0 atom stereocenters. The van der Waals surface area contributed by atoms with Crippen LogP contribution in [0.3, 0.4) is 0 Å². The Morgan fingerprint density at radius 1 is 1.43 bits per heavy atom. The predicted molar refractivity (Wildman–Crippen MR) is 26.2 cm³/mol. The minimum Gasteiger partial charge on any atom is -0.411 e. The smallest absolute Gasteiger partial charge is 0.0808 e. The zero-order chi connectivity index (χ0) is 5.11. The van der Waals surface area contributed by atoms with Gasteiger partial charge in [-0.3, -0.25) is 0 Å². The maximum atomic E-state index is 8.07. The Morgan fingerprint density at radius 3 is 2.29 bits per heavy atom. The van der Waals surface area contributed by atoms with Gasteiger partial charge in [0.1, 0.15) is 0 Å². The molecule has 0 amide bonds. The molecular formula is C5H5NO. The summed E-state index contributed by atoms with van der Waals surface area (Å²) in [5.41, 5.74) is 0.750. The van der Waals surface area contributed by atoms with Gasteiger partial charge in [-0.1, -0.05) is 17.0 Å². The fourth-order valence-corrected chi connectivity index (χ4v) is 0.462. The van der Waals surface area contributed by atoms with Crippen molar-refractivity contribution in [2.45, 2.75) is 12.8 Å². The van der Waals surface area contributed by atoms with Gasteiger partial charge >= 0.3 is 0 Å². The lowest BCUT2D eigenvalue weighted by Gasteiger charge is -1.81. The highest BCUT2D eigenvalue weighted by Crippen LogP contribution is 1.96. The average Bonchev–Trinajstić information content (AvgIpc) is 2.14. The fraction of sp³-hybridized carbons (Fsp3) is 0.400. The lowest BCUT2D eigenvalue weighted by atomic mass is 10.3. The van der Waals surface area contributed by atoms with E-state index >= 15 is 0 Å². The molecule has 0 radical (unpaired) electrons. The molecule has 0 spiro atoms. The van der Waals surface area contributed by atoms with Crippen LogP contribution < -0.4 is 0 Å². The van der Waals surface area contributed by atoms with Gasteiger partial charge in [-0.05, 0) is 0 Å². The van der Waals surface area contributed by atoms with Crippen LogP contribution >= 0.6 is 0 Å². The minimum atomic E-state index is 0.649. The van der Waals surface area contributed by atoms with E-state index in [1.165, 1.54) is 0 Å². The van der Waals surface area contributed by atoms with Crippen molar-refractivity contribution in [3.8, 4) is 11.8 Å². The fourth-order valence-electron chi connectivity index (χ4n) is 0.462. The van der Waals surface area contributed by atoms with E-state index in [1.54, 1.807) is 0 Å². The first-order valence-electron chi connectivity index (χ1n) is 2.09. The van der Waals surface area contributed by atoms with Crippen LogP contribution in [0.2, 0.25) is 0 Å². The van der Waals surface area contributed by atoms with Crippen molar-refractivity contribution in [2.75, 3.05) is 0 Å². The monoisotopic (exact) mass is 95.0 g/mol. The van der Waals surface area contributed by atoms with Crippen LogP contribution in [-0.4, -0.2) is 10.9 Å². The normalized spacial score (nSPS) is 15.7. The third-order valence-electron chi connectivity index (χ3n) is 0.851. The van der Waals surface area contributed by atoms with E-state index in [4.69, 9.17) is 5.21 Å². The molecule has 1 aliphatic rings. The highest BCUT2D eigenvalue weighted by Gasteiger charge is 1.98. The molecule has 0 bridgehead atoms. The molecule has 0 saturated heterocycles. The third kappa shape index (κ3) is 0.716. The first-order chi connectivity index (χ1) is 3.43. The molecule has 0 unspecified atom stereocenters. The molecule has 1 N–H and O–H groups in total. The van der Waals surface area contributed by atoms with Gasteiger partial charge in [-0.15, -0.1) is 0 Å². The second-order valence-electron chi connectivity index (χ2n) is 1.37. The van der Waals surface area contributed by atoms with Gasteiger partial charge in [0.15, 0.2) is 0 Å². The Balaban J connectivity index is 2.54. The Hall–Kier alpha value is -0.970. The van der Waals surface area contributed by atoms with Crippen LogP contribution in [0.5, 0.6) is 0 Å². The van der Waals surface area contributed by atoms with Crippen molar-refractivity contribution in [3.63, 3.8) is 0 Å². The summed E-state index contributed by atoms with van der Waals surface area (Å²) in [6, 6.07) is 0. The van der Waals surface area contributed by atoms with E-state index < -0.39 is 0 Å². The molecule has 7 heavy (non-hydrogen) atoms. The molecular weight excluding hydrogens is 90.1 g/mol. The van der Waals surface area contributed by atoms with Gasteiger partial charge in [0.25, 0.3) is 0 Å². The maximum Gasteiger partial charge on any atom is 0.0808 e. The van der Waals surface area contributed by atoms with E-state index in [9.17, 15) is 0 Å². The standard InChI is InChI=1S/C5H5NO/c7-6-5-3-1-2-4-5/h7H,3-4H2. The topological polar surface area (TPSA) is 32.6 Å². The van der Waals surface area contributed by atoms with Crippen molar-refractivity contribution >= 4 is 5.71 Å².